The highest BCUT2D eigenvalue weighted by atomic mass is 32.2. The van der Waals surface area contributed by atoms with Gasteiger partial charge in [0, 0.05) is 17.2 Å². The summed E-state index contributed by atoms with van der Waals surface area (Å²) in [5.74, 6) is 1.67. The van der Waals surface area contributed by atoms with Gasteiger partial charge in [-0.05, 0) is 37.1 Å². The van der Waals surface area contributed by atoms with E-state index in [0.29, 0.717) is 22.4 Å². The van der Waals surface area contributed by atoms with Crippen LogP contribution in [0.25, 0.3) is 22.4 Å². The monoisotopic (exact) mass is 354 g/mol. The van der Waals surface area contributed by atoms with Gasteiger partial charge in [0.25, 0.3) is 11.1 Å². The minimum Gasteiger partial charge on any atom is -0.469 e. The molecule has 3 aromatic heterocycles. The Morgan fingerprint density at radius 1 is 1.08 bits per heavy atom. The van der Waals surface area contributed by atoms with E-state index in [9.17, 15) is 4.79 Å². The number of rotatable bonds is 4. The molecule has 3 heterocycles. The summed E-state index contributed by atoms with van der Waals surface area (Å²) in [7, 11) is 0. The molecule has 4 rings (SSSR count). The van der Waals surface area contributed by atoms with E-state index in [1.54, 1.807) is 12.3 Å². The van der Waals surface area contributed by atoms with E-state index in [1.807, 2.05) is 32.0 Å². The van der Waals surface area contributed by atoms with Crippen molar-refractivity contribution in [3.8, 4) is 11.5 Å². The summed E-state index contributed by atoms with van der Waals surface area (Å²) in [6, 6.07) is 9.09. The fourth-order valence-corrected chi connectivity index (χ4v) is 3.33. The highest BCUT2D eigenvalue weighted by Crippen LogP contribution is 2.29. The Morgan fingerprint density at radius 3 is 2.76 bits per heavy atom. The van der Waals surface area contributed by atoms with Crippen LogP contribution in [0.15, 0.2) is 59.9 Å². The average molecular weight is 354 g/mol. The van der Waals surface area contributed by atoms with E-state index in [1.165, 1.54) is 17.8 Å². The Kier molecular flexibility index (Phi) is 3.93. The van der Waals surface area contributed by atoms with Gasteiger partial charge in [-0.3, -0.25) is 0 Å². The van der Waals surface area contributed by atoms with Gasteiger partial charge in [0.2, 0.25) is 0 Å². The first kappa shape index (κ1) is 15.7. The highest BCUT2D eigenvalue weighted by molar-refractivity contribution is 7.98. The zero-order valence-corrected chi connectivity index (χ0v) is 14.4. The minimum atomic E-state index is -0.367. The van der Waals surface area contributed by atoms with Crippen LogP contribution in [-0.4, -0.2) is 10.2 Å². The second kappa shape index (κ2) is 6.25. The van der Waals surface area contributed by atoms with Crippen molar-refractivity contribution in [1.82, 2.24) is 10.2 Å². The van der Waals surface area contributed by atoms with Gasteiger partial charge in [0.1, 0.15) is 11.3 Å². The first-order valence-corrected chi connectivity index (χ1v) is 8.63. The van der Waals surface area contributed by atoms with Crippen molar-refractivity contribution >= 4 is 22.7 Å². The van der Waals surface area contributed by atoms with Crippen molar-refractivity contribution < 1.29 is 13.3 Å². The van der Waals surface area contributed by atoms with Gasteiger partial charge >= 0.3 is 5.63 Å². The summed E-state index contributed by atoms with van der Waals surface area (Å²) >= 11 is 1.37. The van der Waals surface area contributed by atoms with Crippen LogP contribution in [0.3, 0.4) is 0 Å². The number of fused-ring (bicyclic) bond motifs is 1. The van der Waals surface area contributed by atoms with Crippen molar-refractivity contribution in [1.29, 1.82) is 0 Å². The molecule has 25 heavy (non-hydrogen) atoms. The van der Waals surface area contributed by atoms with Crippen molar-refractivity contribution in [2.24, 2.45) is 0 Å². The molecule has 0 saturated heterocycles. The third-order valence-corrected chi connectivity index (χ3v) is 4.70. The maximum absolute atomic E-state index is 11.8. The third-order valence-electron chi connectivity index (χ3n) is 3.83. The number of hydrogen-bond donors (Lipinski definition) is 0. The van der Waals surface area contributed by atoms with E-state index in [2.05, 4.69) is 10.2 Å². The van der Waals surface area contributed by atoms with Crippen molar-refractivity contribution in [3.05, 3.63) is 63.9 Å². The molecule has 0 aliphatic rings. The molecular formula is C18H14N2O4S. The molecule has 0 aliphatic carbocycles. The first-order chi connectivity index (χ1) is 12.1. The maximum Gasteiger partial charge on any atom is 0.336 e. The molecule has 1 aromatic carbocycles. The number of aromatic nitrogens is 2. The molecular weight excluding hydrogens is 340 g/mol. The van der Waals surface area contributed by atoms with E-state index < -0.39 is 0 Å². The summed E-state index contributed by atoms with van der Waals surface area (Å²) in [5, 5.41) is 9.43. The molecule has 0 spiro atoms. The maximum atomic E-state index is 11.8. The lowest BCUT2D eigenvalue weighted by Crippen LogP contribution is -2.00. The smallest absolute Gasteiger partial charge is 0.336 e. The van der Waals surface area contributed by atoms with Gasteiger partial charge in [0.15, 0.2) is 0 Å². The highest BCUT2D eigenvalue weighted by Gasteiger charge is 2.14. The molecule has 0 fully saturated rings. The van der Waals surface area contributed by atoms with Crippen molar-refractivity contribution in [2.45, 2.75) is 24.8 Å². The topological polar surface area (TPSA) is 82.3 Å². The van der Waals surface area contributed by atoms with E-state index in [0.717, 1.165) is 27.8 Å². The average Bonchev–Trinajstić information content (AvgIpc) is 3.20. The van der Waals surface area contributed by atoms with E-state index in [-0.39, 0.29) is 5.63 Å². The van der Waals surface area contributed by atoms with Gasteiger partial charge in [0.05, 0.1) is 11.8 Å². The molecule has 0 N–H and O–H groups in total. The molecule has 0 unspecified atom stereocenters. The van der Waals surface area contributed by atoms with Gasteiger partial charge < -0.3 is 13.3 Å². The lowest BCUT2D eigenvalue weighted by atomic mass is 10.1. The summed E-state index contributed by atoms with van der Waals surface area (Å²) < 4.78 is 16.2. The second-order valence-electron chi connectivity index (χ2n) is 5.64. The largest absolute Gasteiger partial charge is 0.469 e. The van der Waals surface area contributed by atoms with Crippen LogP contribution < -0.4 is 5.63 Å². The zero-order chi connectivity index (χ0) is 17.4. The van der Waals surface area contributed by atoms with Crippen LogP contribution in [0.4, 0.5) is 0 Å². The molecule has 0 amide bonds. The van der Waals surface area contributed by atoms with Crippen LogP contribution in [0.5, 0.6) is 0 Å². The van der Waals surface area contributed by atoms with Crippen LogP contribution in [0.1, 0.15) is 16.9 Å². The Morgan fingerprint density at radius 2 is 1.96 bits per heavy atom. The normalized spacial score (nSPS) is 11.3. The fraction of sp³-hybridized carbons (Fsp3) is 0.167. The van der Waals surface area contributed by atoms with Crippen molar-refractivity contribution in [3.63, 3.8) is 0 Å². The number of benzene rings is 1. The number of hydrogen-bond acceptors (Lipinski definition) is 7. The van der Waals surface area contributed by atoms with Gasteiger partial charge in [-0.15, -0.1) is 10.2 Å². The standard InChI is InChI=1S/C18H14N2O4S/c1-10-3-4-14-12(8-16(21)23-15(14)7-10)9-25-18-20-19-17(24-18)13-5-6-22-11(13)2/h3-8H,9H2,1-2H3. The van der Waals surface area contributed by atoms with Gasteiger partial charge in [-0.2, -0.15) is 0 Å². The Balaban J connectivity index is 1.60. The quantitative estimate of drug-likeness (QED) is 0.398. The lowest BCUT2D eigenvalue weighted by molar-refractivity contribution is 0.463. The predicted molar refractivity (Wildman–Crippen MR) is 93.5 cm³/mol. The van der Waals surface area contributed by atoms with E-state index in [4.69, 9.17) is 13.3 Å². The molecule has 126 valence electrons. The Labute approximate surface area is 146 Å². The predicted octanol–water partition coefficient (Wildman–Crippen LogP) is 4.35. The fourth-order valence-electron chi connectivity index (χ4n) is 2.58. The summed E-state index contributed by atoms with van der Waals surface area (Å²) in [6.07, 6.45) is 1.58. The van der Waals surface area contributed by atoms with Gasteiger partial charge in [-0.1, -0.05) is 23.9 Å². The van der Waals surface area contributed by atoms with Crippen LogP contribution in [0, 0.1) is 13.8 Å². The molecule has 6 nitrogen and oxygen atoms in total. The molecule has 4 aromatic rings. The van der Waals surface area contributed by atoms with Crippen molar-refractivity contribution in [2.75, 3.05) is 0 Å². The zero-order valence-electron chi connectivity index (χ0n) is 13.6. The number of thioether (sulfide) groups is 1. The van der Waals surface area contributed by atoms with Crippen LogP contribution >= 0.6 is 11.8 Å². The van der Waals surface area contributed by atoms with Gasteiger partial charge in [-0.25, -0.2) is 4.79 Å². The van der Waals surface area contributed by atoms with Crippen LogP contribution in [0.2, 0.25) is 0 Å². The Hall–Kier alpha value is -2.80. The van der Waals surface area contributed by atoms with Crippen LogP contribution in [-0.2, 0) is 5.75 Å². The summed E-state index contributed by atoms with van der Waals surface area (Å²) in [4.78, 5) is 11.8. The molecule has 0 bridgehead atoms. The molecule has 0 atom stereocenters. The number of nitrogens with zero attached hydrogens (tertiary/aromatic N) is 2. The summed E-state index contributed by atoms with van der Waals surface area (Å²) in [6.45, 7) is 3.79. The molecule has 0 saturated carbocycles. The molecule has 0 aliphatic heterocycles. The molecule has 7 heteroatoms. The summed E-state index contributed by atoms with van der Waals surface area (Å²) in [5.41, 5.74) is 2.91. The number of furan rings is 1. The minimum absolute atomic E-state index is 0.367. The number of aryl methyl sites for hydroxylation is 2. The SMILES string of the molecule is Cc1ccc2c(CSc3nnc(-c4ccoc4C)o3)cc(=O)oc2c1. The molecule has 0 radical (unpaired) electrons. The Bertz CT molecular complexity index is 1110. The van der Waals surface area contributed by atoms with E-state index >= 15 is 0 Å². The second-order valence-corrected chi connectivity index (χ2v) is 6.57. The lowest BCUT2D eigenvalue weighted by Gasteiger charge is -2.04. The first-order valence-electron chi connectivity index (χ1n) is 7.64. The third kappa shape index (κ3) is 3.10.